The third-order valence-corrected chi connectivity index (χ3v) is 6.23. The van der Waals surface area contributed by atoms with Gasteiger partial charge in [-0.15, -0.1) is 0 Å². The third-order valence-electron chi connectivity index (χ3n) is 5.31. The van der Waals surface area contributed by atoms with Crippen LogP contribution in [-0.2, 0) is 20.2 Å². The van der Waals surface area contributed by atoms with Crippen molar-refractivity contribution in [3.63, 3.8) is 0 Å². The number of hydrogen-bond donors (Lipinski definition) is 2. The Morgan fingerprint density at radius 1 is 0.857 bits per heavy atom. The molecule has 1 amide bonds. The minimum atomic E-state index is -3.76. The average Bonchev–Trinajstić information content (AvgIpc) is 3.46. The van der Waals surface area contributed by atoms with Gasteiger partial charge in [0, 0.05) is 11.1 Å². The second kappa shape index (κ2) is 6.89. The summed E-state index contributed by atoms with van der Waals surface area (Å²) >= 11 is 0. The van der Waals surface area contributed by atoms with Crippen LogP contribution in [0, 0.1) is 5.92 Å². The van der Waals surface area contributed by atoms with Crippen LogP contribution in [0.25, 0.3) is 0 Å². The van der Waals surface area contributed by atoms with E-state index in [0.717, 1.165) is 17.5 Å². The van der Waals surface area contributed by atoms with Crippen LogP contribution in [0.2, 0.25) is 0 Å². The van der Waals surface area contributed by atoms with Crippen LogP contribution in [0.15, 0.2) is 89.8 Å². The van der Waals surface area contributed by atoms with E-state index in [1.807, 2.05) is 36.4 Å². The number of hydrogen-bond acceptors (Lipinski definition) is 3. The van der Waals surface area contributed by atoms with E-state index in [4.69, 9.17) is 5.14 Å². The van der Waals surface area contributed by atoms with Gasteiger partial charge in [-0.1, -0.05) is 60.7 Å². The summed E-state index contributed by atoms with van der Waals surface area (Å²) in [5, 5.41) is 8.02. The summed E-state index contributed by atoms with van der Waals surface area (Å²) in [6.07, 6.45) is 0.724. The zero-order valence-electron chi connectivity index (χ0n) is 15.1. The summed E-state index contributed by atoms with van der Waals surface area (Å²) in [5.41, 5.74) is 2.43. The number of primary sulfonamides is 1. The maximum atomic E-state index is 13.0. The molecule has 142 valence electrons. The minimum Gasteiger partial charge on any atom is -0.326 e. The Kier molecular flexibility index (Phi) is 4.53. The van der Waals surface area contributed by atoms with Crippen LogP contribution in [0.1, 0.15) is 17.5 Å². The normalized spacial score (nSPS) is 17.7. The van der Waals surface area contributed by atoms with Gasteiger partial charge >= 0.3 is 0 Å². The molecule has 1 unspecified atom stereocenters. The molecule has 28 heavy (non-hydrogen) atoms. The molecule has 0 heterocycles. The van der Waals surface area contributed by atoms with Crippen molar-refractivity contribution in [3.05, 3.63) is 96.1 Å². The van der Waals surface area contributed by atoms with E-state index in [1.54, 1.807) is 12.1 Å². The summed E-state index contributed by atoms with van der Waals surface area (Å²) in [7, 11) is -3.76. The average molecular weight is 392 g/mol. The molecule has 1 fully saturated rings. The van der Waals surface area contributed by atoms with Crippen LogP contribution in [-0.4, -0.2) is 14.3 Å². The number of sulfonamides is 1. The highest BCUT2D eigenvalue weighted by Gasteiger charge is 2.60. The van der Waals surface area contributed by atoms with Gasteiger partial charge in [-0.05, 0) is 41.8 Å². The van der Waals surface area contributed by atoms with Crippen molar-refractivity contribution in [1.29, 1.82) is 0 Å². The molecule has 5 nitrogen and oxygen atoms in total. The van der Waals surface area contributed by atoms with Gasteiger partial charge in [0.15, 0.2) is 0 Å². The predicted octanol–water partition coefficient (Wildman–Crippen LogP) is 3.28. The molecule has 3 N–H and O–H groups in total. The van der Waals surface area contributed by atoms with Gasteiger partial charge in [-0.2, -0.15) is 0 Å². The molecule has 6 heteroatoms. The largest absolute Gasteiger partial charge is 0.326 e. The molecule has 0 aromatic heterocycles. The van der Waals surface area contributed by atoms with Crippen LogP contribution >= 0.6 is 0 Å². The quantitative estimate of drug-likeness (QED) is 0.698. The summed E-state index contributed by atoms with van der Waals surface area (Å²) in [6, 6.07) is 26.0. The van der Waals surface area contributed by atoms with Crippen molar-refractivity contribution in [2.45, 2.75) is 16.7 Å². The van der Waals surface area contributed by atoms with Gasteiger partial charge in [0.2, 0.25) is 15.9 Å². The topological polar surface area (TPSA) is 89.3 Å². The molecule has 1 aliphatic carbocycles. The van der Waals surface area contributed by atoms with Crippen LogP contribution < -0.4 is 10.5 Å². The van der Waals surface area contributed by atoms with E-state index in [0.29, 0.717) is 5.69 Å². The Balaban J connectivity index is 1.60. The predicted molar refractivity (Wildman–Crippen MR) is 108 cm³/mol. The molecule has 4 rings (SSSR count). The molecule has 1 saturated carbocycles. The third kappa shape index (κ3) is 3.32. The summed E-state index contributed by atoms with van der Waals surface area (Å²) in [4.78, 5) is 13.0. The lowest BCUT2D eigenvalue weighted by atomic mass is 9.85. The first kappa shape index (κ1) is 18.4. The Bertz CT molecular complexity index is 1060. The van der Waals surface area contributed by atoms with E-state index in [2.05, 4.69) is 29.6 Å². The molecule has 3 aromatic carbocycles. The van der Waals surface area contributed by atoms with E-state index >= 15 is 0 Å². The molecule has 0 aliphatic heterocycles. The molecule has 1 atom stereocenters. The lowest BCUT2D eigenvalue weighted by molar-refractivity contribution is -0.117. The lowest BCUT2D eigenvalue weighted by Gasteiger charge is -2.19. The maximum absolute atomic E-state index is 13.0. The monoisotopic (exact) mass is 392 g/mol. The highest BCUT2D eigenvalue weighted by Crippen LogP contribution is 2.59. The Morgan fingerprint density at radius 3 is 1.82 bits per heavy atom. The van der Waals surface area contributed by atoms with Crippen molar-refractivity contribution in [2.75, 3.05) is 5.32 Å². The highest BCUT2D eigenvalue weighted by atomic mass is 32.2. The Labute approximate surface area is 164 Å². The molecule has 0 saturated heterocycles. The van der Waals surface area contributed by atoms with Gasteiger partial charge in [-0.3, -0.25) is 4.79 Å². The second-order valence-electron chi connectivity index (χ2n) is 7.02. The molecular formula is C22H20N2O3S. The number of carbonyl (C=O) groups is 1. The van der Waals surface area contributed by atoms with Crippen LogP contribution in [0.4, 0.5) is 5.69 Å². The summed E-state index contributed by atoms with van der Waals surface area (Å²) < 4.78 is 22.7. The van der Waals surface area contributed by atoms with Gasteiger partial charge < -0.3 is 5.32 Å². The Hall–Kier alpha value is -2.96. The SMILES string of the molecule is NS(=O)(=O)c1ccc(NC(=O)C2CC2(c2ccccc2)c2ccccc2)cc1. The van der Waals surface area contributed by atoms with E-state index in [1.165, 1.54) is 12.1 Å². The van der Waals surface area contributed by atoms with Crippen molar-refractivity contribution < 1.29 is 13.2 Å². The fourth-order valence-electron chi connectivity index (χ4n) is 3.81. The minimum absolute atomic E-state index is 0.0137. The fourth-order valence-corrected chi connectivity index (χ4v) is 4.33. The number of anilines is 1. The van der Waals surface area contributed by atoms with E-state index < -0.39 is 10.0 Å². The van der Waals surface area contributed by atoms with Crippen LogP contribution in [0.5, 0.6) is 0 Å². The molecule has 3 aromatic rings. The van der Waals surface area contributed by atoms with Gasteiger partial charge in [0.1, 0.15) is 0 Å². The first-order valence-corrected chi connectivity index (χ1v) is 10.5. The number of nitrogens with one attached hydrogen (secondary N) is 1. The van der Waals surface area contributed by atoms with E-state index in [9.17, 15) is 13.2 Å². The first-order chi connectivity index (χ1) is 13.4. The van der Waals surface area contributed by atoms with Crippen molar-refractivity contribution >= 4 is 21.6 Å². The standard InChI is InChI=1S/C22H20N2O3S/c23-28(26,27)19-13-11-18(12-14-19)24-21(25)20-15-22(20,16-7-3-1-4-8-16)17-9-5-2-6-10-17/h1-14,20H,15H2,(H,24,25)(H2,23,26,27). The number of carbonyl (C=O) groups excluding carboxylic acids is 1. The fraction of sp³-hybridized carbons (Fsp3) is 0.136. The highest BCUT2D eigenvalue weighted by molar-refractivity contribution is 7.89. The maximum Gasteiger partial charge on any atom is 0.238 e. The number of benzene rings is 3. The molecule has 0 bridgehead atoms. The molecule has 1 aliphatic rings. The molecule has 0 radical (unpaired) electrons. The van der Waals surface area contributed by atoms with Crippen molar-refractivity contribution in [1.82, 2.24) is 0 Å². The van der Waals surface area contributed by atoms with Crippen molar-refractivity contribution in [2.24, 2.45) is 11.1 Å². The number of nitrogens with two attached hydrogens (primary N) is 1. The number of amides is 1. The van der Waals surface area contributed by atoms with Crippen LogP contribution in [0.3, 0.4) is 0 Å². The second-order valence-corrected chi connectivity index (χ2v) is 8.58. The summed E-state index contributed by atoms with van der Waals surface area (Å²) in [5.74, 6) is -0.286. The molecule has 0 spiro atoms. The van der Waals surface area contributed by atoms with E-state index in [-0.39, 0.29) is 22.1 Å². The first-order valence-electron chi connectivity index (χ1n) is 8.96. The van der Waals surface area contributed by atoms with Gasteiger partial charge in [0.25, 0.3) is 0 Å². The summed E-state index contributed by atoms with van der Waals surface area (Å²) in [6.45, 7) is 0. The smallest absolute Gasteiger partial charge is 0.238 e. The lowest BCUT2D eigenvalue weighted by Crippen LogP contribution is -2.22. The van der Waals surface area contributed by atoms with Crippen molar-refractivity contribution in [3.8, 4) is 0 Å². The zero-order chi connectivity index (χ0) is 19.8. The molecular weight excluding hydrogens is 372 g/mol. The Morgan fingerprint density at radius 2 is 1.36 bits per heavy atom. The zero-order valence-corrected chi connectivity index (χ0v) is 15.9. The van der Waals surface area contributed by atoms with Gasteiger partial charge in [-0.25, -0.2) is 13.6 Å². The number of rotatable bonds is 5. The van der Waals surface area contributed by atoms with Gasteiger partial charge in [0.05, 0.1) is 10.8 Å².